The van der Waals surface area contributed by atoms with Crippen molar-refractivity contribution >= 4 is 7.74 Å². The molecular formula is C12H10Ti. The fourth-order valence-electron chi connectivity index (χ4n) is 1.21. The van der Waals surface area contributed by atoms with Gasteiger partial charge in [-0.05, 0) is 0 Å². The van der Waals surface area contributed by atoms with Gasteiger partial charge in [0, 0.05) is 0 Å². The molecule has 0 aliphatic carbocycles. The molecule has 13 heavy (non-hydrogen) atoms. The van der Waals surface area contributed by atoms with Crippen LogP contribution < -0.4 is 7.74 Å². The van der Waals surface area contributed by atoms with Crippen LogP contribution in [0.2, 0.25) is 0 Å². The molecule has 2 aromatic carbocycles. The van der Waals surface area contributed by atoms with Gasteiger partial charge >= 0.3 is 87.6 Å². The third-order valence-corrected chi connectivity index (χ3v) is 3.78. The van der Waals surface area contributed by atoms with Gasteiger partial charge in [0.25, 0.3) is 0 Å². The van der Waals surface area contributed by atoms with Crippen molar-refractivity contribution in [3.63, 3.8) is 0 Å². The standard InChI is InChI=1S/2C6H5.Ti/c2*1-2-4-6-5-3-1;/h2*1-5H;. The molecule has 0 N–H and O–H groups in total. The van der Waals surface area contributed by atoms with Gasteiger partial charge in [-0.25, -0.2) is 0 Å². The van der Waals surface area contributed by atoms with Crippen molar-refractivity contribution in [1.82, 2.24) is 0 Å². The molecule has 1 heteroatoms. The molecule has 0 aliphatic heterocycles. The van der Waals surface area contributed by atoms with E-state index in [4.69, 9.17) is 0 Å². The molecule has 0 radical (unpaired) electrons. The Hall–Kier alpha value is -0.846. The van der Waals surface area contributed by atoms with Gasteiger partial charge in [0.15, 0.2) is 0 Å². The predicted molar refractivity (Wildman–Crippen MR) is 52.2 cm³/mol. The third-order valence-electron chi connectivity index (χ3n) is 1.84. The summed E-state index contributed by atoms with van der Waals surface area (Å²) in [5.41, 5.74) is 0. The van der Waals surface area contributed by atoms with E-state index in [1.807, 2.05) is 0 Å². The Bertz CT molecular complexity index is 316. The van der Waals surface area contributed by atoms with Crippen LogP contribution in [-0.2, 0) is 19.2 Å². The maximum absolute atomic E-state index is 2.22. The fourth-order valence-corrected chi connectivity index (χ4v) is 2.85. The first-order valence-corrected chi connectivity index (χ1v) is 5.88. The average Bonchev–Trinajstić information content (AvgIpc) is 2.21. The molecule has 62 valence electrons. The van der Waals surface area contributed by atoms with Crippen LogP contribution in [0.25, 0.3) is 0 Å². The summed E-state index contributed by atoms with van der Waals surface area (Å²) in [6.07, 6.45) is 0. The Morgan fingerprint density at radius 1 is 0.538 bits per heavy atom. The maximum atomic E-state index is 2.22. The van der Waals surface area contributed by atoms with Gasteiger partial charge in [0.05, 0.1) is 0 Å². The summed E-state index contributed by atoms with van der Waals surface area (Å²) in [6.45, 7) is 0. The molecule has 0 nitrogen and oxygen atoms in total. The van der Waals surface area contributed by atoms with Gasteiger partial charge in [0.1, 0.15) is 0 Å². The molecule has 0 amide bonds. The van der Waals surface area contributed by atoms with Crippen LogP contribution in [0.1, 0.15) is 0 Å². The van der Waals surface area contributed by atoms with E-state index in [1.54, 1.807) is 0 Å². The Kier molecular flexibility index (Phi) is 2.96. The number of hydrogen-bond donors (Lipinski definition) is 0. The minimum atomic E-state index is -0.108. The molecule has 0 saturated heterocycles. The molecular weight excluding hydrogens is 192 g/mol. The zero-order valence-electron chi connectivity index (χ0n) is 7.27. The summed E-state index contributed by atoms with van der Waals surface area (Å²) in [5.74, 6) is 0. The summed E-state index contributed by atoms with van der Waals surface area (Å²) in [6, 6.07) is 21.5. The summed E-state index contributed by atoms with van der Waals surface area (Å²) in [5, 5.41) is 0. The van der Waals surface area contributed by atoms with Gasteiger partial charge < -0.3 is 0 Å². The third kappa shape index (κ3) is 2.55. The normalized spacial score (nSPS) is 9.54. The van der Waals surface area contributed by atoms with E-state index in [2.05, 4.69) is 60.7 Å². The molecule has 0 bridgehead atoms. The van der Waals surface area contributed by atoms with Crippen LogP contribution in [0.5, 0.6) is 0 Å². The molecule has 0 atom stereocenters. The monoisotopic (exact) mass is 202 g/mol. The number of benzene rings is 2. The van der Waals surface area contributed by atoms with E-state index in [1.165, 1.54) is 7.74 Å². The Morgan fingerprint density at radius 3 is 1.31 bits per heavy atom. The van der Waals surface area contributed by atoms with Crippen molar-refractivity contribution in [2.24, 2.45) is 0 Å². The van der Waals surface area contributed by atoms with Gasteiger partial charge in [-0.15, -0.1) is 0 Å². The van der Waals surface area contributed by atoms with E-state index in [9.17, 15) is 0 Å². The molecule has 0 aromatic heterocycles. The molecule has 0 saturated carbocycles. The average molecular weight is 202 g/mol. The SMILES string of the molecule is c1cc[c]([Ti][c]2ccccc2)cc1. The van der Waals surface area contributed by atoms with E-state index in [0.29, 0.717) is 0 Å². The number of hydrogen-bond acceptors (Lipinski definition) is 0. The molecule has 2 aromatic rings. The van der Waals surface area contributed by atoms with Crippen LogP contribution in [0.15, 0.2) is 60.7 Å². The summed E-state index contributed by atoms with van der Waals surface area (Å²) in [4.78, 5) is 0. The van der Waals surface area contributed by atoms with Crippen LogP contribution in [0.4, 0.5) is 0 Å². The second-order valence-electron chi connectivity index (χ2n) is 2.86. The van der Waals surface area contributed by atoms with Crippen molar-refractivity contribution in [3.05, 3.63) is 60.7 Å². The molecule has 0 fully saturated rings. The van der Waals surface area contributed by atoms with Gasteiger partial charge in [0.2, 0.25) is 0 Å². The summed E-state index contributed by atoms with van der Waals surface area (Å²) in [7, 11) is 0. The van der Waals surface area contributed by atoms with Crippen molar-refractivity contribution in [2.75, 3.05) is 0 Å². The second-order valence-corrected chi connectivity index (χ2v) is 5.05. The van der Waals surface area contributed by atoms with Gasteiger partial charge in [-0.3, -0.25) is 0 Å². The first kappa shape index (κ1) is 8.74. The van der Waals surface area contributed by atoms with E-state index in [0.717, 1.165) is 0 Å². The summed E-state index contributed by atoms with van der Waals surface area (Å²) < 4.78 is 2.99. The second kappa shape index (κ2) is 4.41. The molecule has 0 unspecified atom stereocenters. The summed E-state index contributed by atoms with van der Waals surface area (Å²) >= 11 is -0.108. The van der Waals surface area contributed by atoms with Crippen LogP contribution in [0, 0.1) is 0 Å². The van der Waals surface area contributed by atoms with Crippen molar-refractivity contribution in [1.29, 1.82) is 0 Å². The van der Waals surface area contributed by atoms with Gasteiger partial charge in [-0.1, -0.05) is 0 Å². The first-order valence-electron chi connectivity index (χ1n) is 4.32. The minimum absolute atomic E-state index is 0.108. The molecule has 2 rings (SSSR count). The molecule has 0 heterocycles. The van der Waals surface area contributed by atoms with Crippen molar-refractivity contribution in [3.8, 4) is 0 Å². The zero-order valence-corrected chi connectivity index (χ0v) is 8.84. The fraction of sp³-hybridized carbons (Fsp3) is 0. The predicted octanol–water partition coefficient (Wildman–Crippen LogP) is 1.72. The zero-order chi connectivity index (χ0) is 8.93. The first-order chi connectivity index (χ1) is 6.45. The van der Waals surface area contributed by atoms with Crippen LogP contribution in [0.3, 0.4) is 0 Å². The Morgan fingerprint density at radius 2 is 0.923 bits per heavy atom. The number of rotatable bonds is 2. The van der Waals surface area contributed by atoms with Crippen LogP contribution in [-0.4, -0.2) is 0 Å². The van der Waals surface area contributed by atoms with Crippen LogP contribution >= 0.6 is 0 Å². The molecule has 0 aliphatic rings. The molecule has 0 spiro atoms. The Balaban J connectivity index is 2.16. The van der Waals surface area contributed by atoms with Gasteiger partial charge in [-0.2, -0.15) is 0 Å². The topological polar surface area (TPSA) is 0 Å². The van der Waals surface area contributed by atoms with E-state index < -0.39 is 0 Å². The van der Waals surface area contributed by atoms with E-state index in [-0.39, 0.29) is 19.2 Å². The van der Waals surface area contributed by atoms with Crippen molar-refractivity contribution < 1.29 is 19.2 Å². The Labute approximate surface area is 87.5 Å². The van der Waals surface area contributed by atoms with E-state index >= 15 is 0 Å². The van der Waals surface area contributed by atoms with Crippen molar-refractivity contribution in [2.45, 2.75) is 0 Å². The quantitative estimate of drug-likeness (QED) is 0.650.